The fraction of sp³-hybridized carbons (Fsp3) is 0.458. The van der Waals surface area contributed by atoms with E-state index in [1.54, 1.807) is 18.7 Å². The molecule has 1 fully saturated rings. The highest BCUT2D eigenvalue weighted by Gasteiger charge is 2.14. The first kappa shape index (κ1) is 23.0. The van der Waals surface area contributed by atoms with Crippen molar-refractivity contribution in [1.82, 2.24) is 0 Å². The van der Waals surface area contributed by atoms with Gasteiger partial charge in [-0.1, -0.05) is 47.0 Å². The SMILES string of the molecule is CCOC(=O)COc1ccc(Sc2cc(Br)cc(OCC3CCCCC3)c2)cc1C. The molecule has 1 aliphatic rings. The van der Waals surface area contributed by atoms with Crippen molar-refractivity contribution in [3.05, 3.63) is 46.4 Å². The Bertz CT molecular complexity index is 849. The van der Waals surface area contributed by atoms with Gasteiger partial charge in [0.2, 0.25) is 0 Å². The van der Waals surface area contributed by atoms with E-state index in [-0.39, 0.29) is 12.6 Å². The molecule has 0 heterocycles. The van der Waals surface area contributed by atoms with Crippen LogP contribution in [0.2, 0.25) is 0 Å². The summed E-state index contributed by atoms with van der Waals surface area (Å²) in [6, 6.07) is 12.2. The van der Waals surface area contributed by atoms with Crippen LogP contribution in [0.3, 0.4) is 0 Å². The molecule has 0 saturated heterocycles. The summed E-state index contributed by atoms with van der Waals surface area (Å²) >= 11 is 5.28. The molecule has 2 aromatic rings. The molecule has 0 aromatic heterocycles. The average molecular weight is 493 g/mol. The van der Waals surface area contributed by atoms with E-state index in [1.165, 1.54) is 32.1 Å². The third kappa shape index (κ3) is 7.24. The first-order valence-electron chi connectivity index (χ1n) is 10.5. The predicted octanol–water partition coefficient (Wildman–Crippen LogP) is 6.81. The van der Waals surface area contributed by atoms with Crippen LogP contribution < -0.4 is 9.47 Å². The topological polar surface area (TPSA) is 44.8 Å². The molecule has 0 aliphatic heterocycles. The highest BCUT2D eigenvalue weighted by Crippen LogP contribution is 2.35. The van der Waals surface area contributed by atoms with Gasteiger partial charge in [0.1, 0.15) is 11.5 Å². The number of carbonyl (C=O) groups is 1. The Kier molecular flexibility index (Phi) is 8.94. The lowest BCUT2D eigenvalue weighted by molar-refractivity contribution is -0.145. The molecular formula is C24H29BrO4S. The van der Waals surface area contributed by atoms with Crippen LogP contribution in [-0.2, 0) is 9.53 Å². The van der Waals surface area contributed by atoms with Crippen LogP contribution in [0.5, 0.6) is 11.5 Å². The van der Waals surface area contributed by atoms with E-state index in [1.807, 2.05) is 25.1 Å². The molecule has 0 radical (unpaired) electrons. The van der Waals surface area contributed by atoms with Crippen LogP contribution >= 0.6 is 27.7 Å². The van der Waals surface area contributed by atoms with Crippen LogP contribution in [0.25, 0.3) is 0 Å². The number of ether oxygens (including phenoxy) is 3. The monoisotopic (exact) mass is 492 g/mol. The van der Waals surface area contributed by atoms with Crippen LogP contribution in [0.1, 0.15) is 44.6 Å². The fourth-order valence-electron chi connectivity index (χ4n) is 3.57. The van der Waals surface area contributed by atoms with E-state index >= 15 is 0 Å². The fourth-order valence-corrected chi connectivity index (χ4v) is 5.20. The molecule has 0 amide bonds. The second-order valence-corrected chi connectivity index (χ2v) is 9.62. The first-order chi connectivity index (χ1) is 14.5. The molecule has 162 valence electrons. The van der Waals surface area contributed by atoms with Crippen molar-refractivity contribution >= 4 is 33.7 Å². The number of esters is 1. The minimum absolute atomic E-state index is 0.0749. The lowest BCUT2D eigenvalue weighted by Gasteiger charge is -2.21. The normalized spacial score (nSPS) is 14.4. The molecule has 1 aliphatic carbocycles. The second-order valence-electron chi connectivity index (χ2n) is 7.56. The summed E-state index contributed by atoms with van der Waals surface area (Å²) in [5.74, 6) is 1.92. The second kappa shape index (κ2) is 11.7. The molecule has 0 unspecified atom stereocenters. The van der Waals surface area contributed by atoms with Crippen molar-refractivity contribution in [2.75, 3.05) is 19.8 Å². The minimum atomic E-state index is -0.356. The van der Waals surface area contributed by atoms with Crippen LogP contribution in [-0.4, -0.2) is 25.8 Å². The standard InChI is InChI=1S/C24H29BrO4S/c1-3-27-24(26)16-29-23-10-9-21(11-17(23)2)30-22-13-19(25)12-20(14-22)28-15-18-7-5-4-6-8-18/h9-14,18H,3-8,15-16H2,1-2H3. The Morgan fingerprint density at radius 2 is 1.87 bits per heavy atom. The molecule has 3 rings (SSSR count). The maximum absolute atomic E-state index is 11.5. The third-order valence-electron chi connectivity index (χ3n) is 5.09. The lowest BCUT2D eigenvalue weighted by Crippen LogP contribution is -2.15. The average Bonchev–Trinajstić information content (AvgIpc) is 2.72. The molecule has 30 heavy (non-hydrogen) atoms. The molecule has 0 spiro atoms. The van der Waals surface area contributed by atoms with Gasteiger partial charge in [0.05, 0.1) is 13.2 Å². The Hall–Kier alpha value is -1.66. The van der Waals surface area contributed by atoms with Gasteiger partial charge in [-0.3, -0.25) is 0 Å². The maximum atomic E-state index is 11.5. The zero-order valence-electron chi connectivity index (χ0n) is 17.6. The van der Waals surface area contributed by atoms with Crippen LogP contribution in [0.4, 0.5) is 0 Å². The van der Waals surface area contributed by atoms with E-state index in [4.69, 9.17) is 14.2 Å². The predicted molar refractivity (Wildman–Crippen MR) is 124 cm³/mol. The Balaban J connectivity index is 1.60. The number of hydrogen-bond donors (Lipinski definition) is 0. The highest BCUT2D eigenvalue weighted by atomic mass is 79.9. The molecule has 4 nitrogen and oxygen atoms in total. The largest absolute Gasteiger partial charge is 0.493 e. The molecule has 6 heteroatoms. The molecule has 0 bridgehead atoms. The van der Waals surface area contributed by atoms with Gasteiger partial charge < -0.3 is 14.2 Å². The van der Waals surface area contributed by atoms with E-state index in [9.17, 15) is 4.79 Å². The summed E-state index contributed by atoms with van der Waals surface area (Å²) in [5.41, 5.74) is 0.980. The van der Waals surface area contributed by atoms with Crippen LogP contribution in [0, 0.1) is 12.8 Å². The summed E-state index contributed by atoms with van der Waals surface area (Å²) in [7, 11) is 0. The van der Waals surface area contributed by atoms with Crippen molar-refractivity contribution in [1.29, 1.82) is 0 Å². The van der Waals surface area contributed by atoms with Gasteiger partial charge in [0, 0.05) is 14.3 Å². The number of rotatable bonds is 9. The summed E-state index contributed by atoms with van der Waals surface area (Å²) < 4.78 is 17.6. The third-order valence-corrected chi connectivity index (χ3v) is 6.51. The van der Waals surface area contributed by atoms with E-state index in [0.717, 1.165) is 32.2 Å². The summed E-state index contributed by atoms with van der Waals surface area (Å²) in [5, 5.41) is 0. The number of halogens is 1. The number of carbonyl (C=O) groups excluding carboxylic acids is 1. The lowest BCUT2D eigenvalue weighted by atomic mass is 9.90. The molecule has 1 saturated carbocycles. The zero-order valence-corrected chi connectivity index (χ0v) is 20.0. The quantitative estimate of drug-likeness (QED) is 0.359. The molecule has 0 N–H and O–H groups in total. The summed E-state index contributed by atoms with van der Waals surface area (Å²) in [4.78, 5) is 13.7. The van der Waals surface area contributed by atoms with Gasteiger partial charge in [-0.25, -0.2) is 4.79 Å². The Morgan fingerprint density at radius 1 is 1.07 bits per heavy atom. The number of hydrogen-bond acceptors (Lipinski definition) is 5. The van der Waals surface area contributed by atoms with Crippen molar-refractivity contribution in [2.45, 2.75) is 55.7 Å². The van der Waals surface area contributed by atoms with E-state index in [0.29, 0.717) is 18.3 Å². The van der Waals surface area contributed by atoms with E-state index in [2.05, 4.69) is 34.1 Å². The number of aryl methyl sites for hydroxylation is 1. The van der Waals surface area contributed by atoms with Gasteiger partial charge in [-0.2, -0.15) is 0 Å². The zero-order chi connectivity index (χ0) is 21.3. The molecule has 2 aromatic carbocycles. The maximum Gasteiger partial charge on any atom is 0.344 e. The number of benzene rings is 2. The van der Waals surface area contributed by atoms with E-state index < -0.39 is 0 Å². The minimum Gasteiger partial charge on any atom is -0.493 e. The Morgan fingerprint density at radius 3 is 2.60 bits per heavy atom. The highest BCUT2D eigenvalue weighted by molar-refractivity contribution is 9.10. The van der Waals surface area contributed by atoms with Crippen molar-refractivity contribution in [2.24, 2.45) is 5.92 Å². The van der Waals surface area contributed by atoms with Gasteiger partial charge >= 0.3 is 5.97 Å². The molecular weight excluding hydrogens is 464 g/mol. The van der Waals surface area contributed by atoms with Gasteiger partial charge in [0.15, 0.2) is 6.61 Å². The van der Waals surface area contributed by atoms with Crippen LogP contribution in [0.15, 0.2) is 50.7 Å². The first-order valence-corrected chi connectivity index (χ1v) is 12.1. The van der Waals surface area contributed by atoms with Crippen molar-refractivity contribution < 1.29 is 19.0 Å². The van der Waals surface area contributed by atoms with Crippen molar-refractivity contribution in [3.8, 4) is 11.5 Å². The smallest absolute Gasteiger partial charge is 0.344 e. The summed E-state index contributed by atoms with van der Waals surface area (Å²) in [6.45, 7) is 4.84. The Labute approximate surface area is 191 Å². The summed E-state index contributed by atoms with van der Waals surface area (Å²) in [6.07, 6.45) is 6.57. The van der Waals surface area contributed by atoms with Gasteiger partial charge in [-0.05, 0) is 74.6 Å². The van der Waals surface area contributed by atoms with Crippen molar-refractivity contribution in [3.63, 3.8) is 0 Å². The van der Waals surface area contributed by atoms with Gasteiger partial charge in [-0.15, -0.1) is 0 Å². The molecule has 0 atom stereocenters. The van der Waals surface area contributed by atoms with Gasteiger partial charge in [0.25, 0.3) is 0 Å².